The molecule has 1 aliphatic rings. The minimum absolute atomic E-state index is 0.174. The van der Waals surface area contributed by atoms with Crippen LogP contribution in [0.25, 0.3) is 0 Å². The molecule has 0 aromatic heterocycles. The zero-order valence-corrected chi connectivity index (χ0v) is 12.2. The highest BCUT2D eigenvalue weighted by Gasteiger charge is 2.15. The normalized spacial score (nSPS) is 21.1. The summed E-state index contributed by atoms with van der Waals surface area (Å²) in [5, 5.41) is 6.46. The first-order valence-electron chi connectivity index (χ1n) is 7.34. The van der Waals surface area contributed by atoms with E-state index >= 15 is 0 Å². The van der Waals surface area contributed by atoms with Crippen molar-refractivity contribution in [2.75, 3.05) is 32.7 Å². The van der Waals surface area contributed by atoms with E-state index in [1.807, 2.05) is 0 Å². The predicted molar refractivity (Wildman–Crippen MR) is 75.6 cm³/mol. The lowest BCUT2D eigenvalue weighted by Crippen LogP contribution is -2.42. The first-order chi connectivity index (χ1) is 8.61. The Morgan fingerprint density at radius 3 is 2.83 bits per heavy atom. The van der Waals surface area contributed by atoms with Crippen molar-refractivity contribution in [2.45, 2.75) is 46.1 Å². The first-order valence-corrected chi connectivity index (χ1v) is 7.34. The summed E-state index contributed by atoms with van der Waals surface area (Å²) in [4.78, 5) is 14.2. The second kappa shape index (κ2) is 8.48. The van der Waals surface area contributed by atoms with Crippen molar-refractivity contribution in [3.05, 3.63) is 0 Å². The van der Waals surface area contributed by atoms with Crippen molar-refractivity contribution < 1.29 is 4.79 Å². The van der Waals surface area contributed by atoms with Gasteiger partial charge in [0.05, 0.1) is 6.54 Å². The lowest BCUT2D eigenvalue weighted by molar-refractivity contribution is -0.122. The monoisotopic (exact) mass is 255 g/mol. The summed E-state index contributed by atoms with van der Waals surface area (Å²) in [5.41, 5.74) is 0. The molecule has 1 rings (SSSR count). The maximum absolute atomic E-state index is 11.9. The molecular formula is C14H29N3O. The minimum atomic E-state index is 0.174. The van der Waals surface area contributed by atoms with Gasteiger partial charge in [0.15, 0.2) is 0 Å². The third-order valence-corrected chi connectivity index (χ3v) is 3.66. The Labute approximate surface area is 111 Å². The fourth-order valence-electron chi connectivity index (χ4n) is 2.41. The van der Waals surface area contributed by atoms with Gasteiger partial charge < -0.3 is 10.6 Å². The van der Waals surface area contributed by atoms with Crippen molar-refractivity contribution in [3.8, 4) is 0 Å². The molecule has 4 heteroatoms. The van der Waals surface area contributed by atoms with Crippen LogP contribution in [0.4, 0.5) is 0 Å². The van der Waals surface area contributed by atoms with Crippen molar-refractivity contribution >= 4 is 5.91 Å². The third kappa shape index (κ3) is 6.36. The van der Waals surface area contributed by atoms with Crippen LogP contribution in [0.2, 0.25) is 0 Å². The summed E-state index contributed by atoms with van der Waals surface area (Å²) < 4.78 is 0. The van der Waals surface area contributed by atoms with Gasteiger partial charge in [-0.2, -0.15) is 0 Å². The molecule has 1 saturated heterocycles. The number of rotatable bonds is 6. The van der Waals surface area contributed by atoms with E-state index in [9.17, 15) is 4.79 Å². The topological polar surface area (TPSA) is 44.4 Å². The highest BCUT2D eigenvalue weighted by molar-refractivity contribution is 5.78. The van der Waals surface area contributed by atoms with Crippen molar-refractivity contribution in [1.82, 2.24) is 15.5 Å². The number of carbonyl (C=O) groups is 1. The molecular weight excluding hydrogens is 226 g/mol. The molecule has 0 bridgehead atoms. The summed E-state index contributed by atoms with van der Waals surface area (Å²) in [6.45, 7) is 11.2. The van der Waals surface area contributed by atoms with E-state index in [1.54, 1.807) is 0 Å². The molecule has 1 heterocycles. The summed E-state index contributed by atoms with van der Waals surface area (Å²) in [7, 11) is 0. The maximum Gasteiger partial charge on any atom is 0.234 e. The van der Waals surface area contributed by atoms with E-state index in [0.717, 1.165) is 39.0 Å². The molecule has 18 heavy (non-hydrogen) atoms. The number of nitrogens with zero attached hydrogens (tertiary/aromatic N) is 1. The standard InChI is InChI=1S/C14H29N3O/c1-4-12(2)10-13(3)16-14(18)11-17-8-5-6-15-7-9-17/h12-13,15H,4-11H2,1-3H3,(H,16,18). The average Bonchev–Trinajstić information content (AvgIpc) is 2.57. The van der Waals surface area contributed by atoms with E-state index in [2.05, 4.69) is 36.3 Å². The molecule has 1 aliphatic heterocycles. The van der Waals surface area contributed by atoms with Crippen LogP contribution in [0, 0.1) is 5.92 Å². The molecule has 0 aromatic carbocycles. The Bertz CT molecular complexity index is 237. The van der Waals surface area contributed by atoms with Gasteiger partial charge in [-0.15, -0.1) is 0 Å². The Balaban J connectivity index is 2.23. The fourth-order valence-corrected chi connectivity index (χ4v) is 2.41. The van der Waals surface area contributed by atoms with E-state index in [4.69, 9.17) is 0 Å². The Hall–Kier alpha value is -0.610. The molecule has 106 valence electrons. The summed E-state index contributed by atoms with van der Waals surface area (Å²) in [6.07, 6.45) is 3.39. The maximum atomic E-state index is 11.9. The van der Waals surface area contributed by atoms with Crippen molar-refractivity contribution in [3.63, 3.8) is 0 Å². The molecule has 0 saturated carbocycles. The number of hydrogen-bond acceptors (Lipinski definition) is 3. The number of amides is 1. The lowest BCUT2D eigenvalue weighted by atomic mass is 10.0. The number of carbonyl (C=O) groups excluding carboxylic acids is 1. The minimum Gasteiger partial charge on any atom is -0.353 e. The largest absolute Gasteiger partial charge is 0.353 e. The first kappa shape index (κ1) is 15.4. The van der Waals surface area contributed by atoms with Crippen LogP contribution >= 0.6 is 0 Å². The van der Waals surface area contributed by atoms with Crippen LogP contribution in [0.1, 0.15) is 40.0 Å². The Morgan fingerprint density at radius 1 is 1.33 bits per heavy atom. The molecule has 2 unspecified atom stereocenters. The van der Waals surface area contributed by atoms with Crippen molar-refractivity contribution in [2.24, 2.45) is 5.92 Å². The SMILES string of the molecule is CCC(C)CC(C)NC(=O)CN1CCCNCC1. The quantitative estimate of drug-likeness (QED) is 0.750. The van der Waals surface area contributed by atoms with Crippen LogP contribution < -0.4 is 10.6 Å². The van der Waals surface area contributed by atoms with Gasteiger partial charge in [0, 0.05) is 19.1 Å². The number of hydrogen-bond donors (Lipinski definition) is 2. The highest BCUT2D eigenvalue weighted by Crippen LogP contribution is 2.09. The van der Waals surface area contributed by atoms with Crippen molar-refractivity contribution in [1.29, 1.82) is 0 Å². The molecule has 0 radical (unpaired) electrons. The van der Waals surface area contributed by atoms with Crippen LogP contribution in [0.5, 0.6) is 0 Å². The number of nitrogens with one attached hydrogen (secondary N) is 2. The van der Waals surface area contributed by atoms with Crippen LogP contribution in [0.3, 0.4) is 0 Å². The molecule has 1 amide bonds. The van der Waals surface area contributed by atoms with Crippen LogP contribution in [-0.2, 0) is 4.79 Å². The van der Waals surface area contributed by atoms with E-state index in [1.165, 1.54) is 6.42 Å². The van der Waals surface area contributed by atoms with Crippen LogP contribution in [0.15, 0.2) is 0 Å². The molecule has 0 aliphatic carbocycles. The van der Waals surface area contributed by atoms with Gasteiger partial charge >= 0.3 is 0 Å². The summed E-state index contributed by atoms with van der Waals surface area (Å²) in [6, 6.07) is 0.289. The Kier molecular flexibility index (Phi) is 7.28. The summed E-state index contributed by atoms with van der Waals surface area (Å²) in [5.74, 6) is 0.857. The van der Waals surface area contributed by atoms with Crippen LogP contribution in [-0.4, -0.2) is 49.6 Å². The molecule has 2 atom stereocenters. The Morgan fingerprint density at radius 2 is 2.11 bits per heavy atom. The van der Waals surface area contributed by atoms with Gasteiger partial charge in [-0.25, -0.2) is 0 Å². The van der Waals surface area contributed by atoms with E-state index in [0.29, 0.717) is 12.5 Å². The zero-order valence-electron chi connectivity index (χ0n) is 12.2. The molecule has 0 spiro atoms. The highest BCUT2D eigenvalue weighted by atomic mass is 16.2. The van der Waals surface area contributed by atoms with E-state index < -0.39 is 0 Å². The zero-order chi connectivity index (χ0) is 13.4. The second-order valence-corrected chi connectivity index (χ2v) is 5.60. The second-order valence-electron chi connectivity index (χ2n) is 5.60. The molecule has 4 nitrogen and oxygen atoms in total. The van der Waals surface area contributed by atoms with Gasteiger partial charge in [-0.05, 0) is 38.8 Å². The predicted octanol–water partition coefficient (Wildman–Crippen LogP) is 1.22. The molecule has 1 fully saturated rings. The summed E-state index contributed by atoms with van der Waals surface area (Å²) >= 11 is 0. The van der Waals surface area contributed by atoms with Gasteiger partial charge in [-0.1, -0.05) is 20.3 Å². The average molecular weight is 255 g/mol. The lowest BCUT2D eigenvalue weighted by Gasteiger charge is -2.22. The van der Waals surface area contributed by atoms with Gasteiger partial charge in [-0.3, -0.25) is 9.69 Å². The third-order valence-electron chi connectivity index (χ3n) is 3.66. The van der Waals surface area contributed by atoms with Gasteiger partial charge in [0.1, 0.15) is 0 Å². The fraction of sp³-hybridized carbons (Fsp3) is 0.929. The van der Waals surface area contributed by atoms with Gasteiger partial charge in [0.2, 0.25) is 5.91 Å². The molecule has 2 N–H and O–H groups in total. The smallest absolute Gasteiger partial charge is 0.234 e. The van der Waals surface area contributed by atoms with Gasteiger partial charge in [0.25, 0.3) is 0 Å². The molecule has 0 aromatic rings. The van der Waals surface area contributed by atoms with E-state index in [-0.39, 0.29) is 11.9 Å².